The monoisotopic (exact) mass is 224 g/mol. The van der Waals surface area contributed by atoms with Crippen LogP contribution in [0.4, 0.5) is 0 Å². The fourth-order valence-electron chi connectivity index (χ4n) is 1.49. The molecule has 1 N–H and O–H groups in total. The summed E-state index contributed by atoms with van der Waals surface area (Å²) in [6.45, 7) is 3.63. The minimum Gasteiger partial charge on any atom is -0.493 e. The fraction of sp³-hybridized carbons (Fsp3) is 0.538. The number of aliphatic hydroxyl groups is 1. The average molecular weight is 224 g/mol. The zero-order valence-corrected chi connectivity index (χ0v) is 10.4. The summed E-state index contributed by atoms with van der Waals surface area (Å²) < 4.78 is 10.4. The highest BCUT2D eigenvalue weighted by Gasteiger charge is 2.13. The molecule has 0 bridgehead atoms. The van der Waals surface area contributed by atoms with Crippen molar-refractivity contribution in [2.45, 2.75) is 32.3 Å². The molecule has 16 heavy (non-hydrogen) atoms. The summed E-state index contributed by atoms with van der Waals surface area (Å²) in [5, 5.41) is 9.65. The summed E-state index contributed by atoms with van der Waals surface area (Å²) >= 11 is 0. The molecule has 0 spiro atoms. The third kappa shape index (κ3) is 3.74. The summed E-state index contributed by atoms with van der Waals surface area (Å²) in [5.41, 5.74) is 0.507. The van der Waals surface area contributed by atoms with Crippen molar-refractivity contribution in [3.8, 4) is 11.5 Å². The van der Waals surface area contributed by atoms with Crippen LogP contribution in [0.3, 0.4) is 0 Å². The maximum atomic E-state index is 9.65. The van der Waals surface area contributed by atoms with Crippen LogP contribution in [0.2, 0.25) is 0 Å². The minimum absolute atomic E-state index is 0.632. The molecule has 1 rings (SSSR count). The number of hydrogen-bond donors (Lipinski definition) is 1. The van der Waals surface area contributed by atoms with Crippen LogP contribution < -0.4 is 9.47 Å². The second-order valence-electron chi connectivity index (χ2n) is 4.50. The Morgan fingerprint density at radius 2 is 1.75 bits per heavy atom. The maximum Gasteiger partial charge on any atom is 0.160 e. The van der Waals surface area contributed by atoms with Gasteiger partial charge < -0.3 is 14.6 Å². The van der Waals surface area contributed by atoms with Crippen LogP contribution >= 0.6 is 0 Å². The van der Waals surface area contributed by atoms with E-state index in [-0.39, 0.29) is 0 Å². The van der Waals surface area contributed by atoms with Gasteiger partial charge in [0.2, 0.25) is 0 Å². The van der Waals surface area contributed by atoms with E-state index in [2.05, 4.69) is 0 Å². The molecular formula is C13H20O3. The number of benzene rings is 1. The van der Waals surface area contributed by atoms with E-state index in [0.29, 0.717) is 0 Å². The second kappa shape index (κ2) is 5.21. The highest BCUT2D eigenvalue weighted by molar-refractivity contribution is 5.42. The van der Waals surface area contributed by atoms with Crippen molar-refractivity contribution in [1.29, 1.82) is 0 Å². The largest absolute Gasteiger partial charge is 0.493 e. The van der Waals surface area contributed by atoms with Gasteiger partial charge in [-0.3, -0.25) is 0 Å². The third-order valence-corrected chi connectivity index (χ3v) is 2.47. The van der Waals surface area contributed by atoms with Crippen molar-refractivity contribution >= 4 is 0 Å². The van der Waals surface area contributed by atoms with E-state index in [4.69, 9.17) is 9.47 Å². The molecule has 0 aliphatic heterocycles. The molecule has 0 fully saturated rings. The predicted octanol–water partition coefficient (Wildman–Crippen LogP) is 2.41. The van der Waals surface area contributed by atoms with Crippen molar-refractivity contribution in [3.05, 3.63) is 23.8 Å². The molecule has 1 aromatic rings. The SMILES string of the molecule is COc1ccc(CCC(C)(C)O)cc1OC. The number of rotatable bonds is 5. The summed E-state index contributed by atoms with van der Waals surface area (Å²) in [5.74, 6) is 1.46. The molecule has 0 unspecified atom stereocenters. The quantitative estimate of drug-likeness (QED) is 0.834. The van der Waals surface area contributed by atoms with Crippen LogP contribution in [0.5, 0.6) is 11.5 Å². The van der Waals surface area contributed by atoms with Gasteiger partial charge in [-0.05, 0) is 44.4 Å². The molecule has 90 valence electrons. The summed E-state index contributed by atoms with van der Waals surface area (Å²) in [6, 6.07) is 5.83. The van der Waals surface area contributed by atoms with Gasteiger partial charge in [-0.2, -0.15) is 0 Å². The van der Waals surface area contributed by atoms with Gasteiger partial charge in [-0.1, -0.05) is 6.07 Å². The lowest BCUT2D eigenvalue weighted by Gasteiger charge is -2.17. The van der Waals surface area contributed by atoms with E-state index >= 15 is 0 Å². The van der Waals surface area contributed by atoms with Crippen LogP contribution in [-0.2, 0) is 6.42 Å². The number of ether oxygens (including phenoxy) is 2. The first-order valence-electron chi connectivity index (χ1n) is 5.39. The molecule has 0 saturated heterocycles. The van der Waals surface area contributed by atoms with Crippen molar-refractivity contribution in [1.82, 2.24) is 0 Å². The Kier molecular flexibility index (Phi) is 4.19. The third-order valence-electron chi connectivity index (χ3n) is 2.47. The zero-order chi connectivity index (χ0) is 12.2. The highest BCUT2D eigenvalue weighted by atomic mass is 16.5. The molecule has 3 heteroatoms. The highest BCUT2D eigenvalue weighted by Crippen LogP contribution is 2.28. The Bertz CT molecular complexity index is 340. The lowest BCUT2D eigenvalue weighted by Crippen LogP contribution is -2.19. The van der Waals surface area contributed by atoms with E-state index in [1.54, 1.807) is 14.2 Å². The Balaban J connectivity index is 2.75. The van der Waals surface area contributed by atoms with Gasteiger partial charge in [0.15, 0.2) is 11.5 Å². The van der Waals surface area contributed by atoms with Crippen LogP contribution in [-0.4, -0.2) is 24.9 Å². The van der Waals surface area contributed by atoms with Gasteiger partial charge in [0.1, 0.15) is 0 Å². The molecule has 0 aliphatic rings. The second-order valence-corrected chi connectivity index (χ2v) is 4.50. The summed E-state index contributed by atoms with van der Waals surface area (Å²) in [6.07, 6.45) is 1.55. The van der Waals surface area contributed by atoms with Gasteiger partial charge in [-0.25, -0.2) is 0 Å². The molecule has 0 aliphatic carbocycles. The molecule has 0 saturated carbocycles. The molecule has 0 heterocycles. The number of aryl methyl sites for hydroxylation is 1. The van der Waals surface area contributed by atoms with E-state index in [1.165, 1.54) is 0 Å². The molecule has 0 radical (unpaired) electrons. The molecule has 0 atom stereocenters. The van der Waals surface area contributed by atoms with Crippen molar-refractivity contribution in [2.24, 2.45) is 0 Å². The van der Waals surface area contributed by atoms with Crippen molar-refractivity contribution in [2.75, 3.05) is 14.2 Å². The van der Waals surface area contributed by atoms with E-state index in [9.17, 15) is 5.11 Å². The lowest BCUT2D eigenvalue weighted by molar-refractivity contribution is 0.0714. The van der Waals surface area contributed by atoms with Crippen LogP contribution in [0.25, 0.3) is 0 Å². The first-order valence-corrected chi connectivity index (χ1v) is 5.39. The smallest absolute Gasteiger partial charge is 0.160 e. The topological polar surface area (TPSA) is 38.7 Å². The van der Waals surface area contributed by atoms with Crippen LogP contribution in [0, 0.1) is 0 Å². The normalized spacial score (nSPS) is 11.3. The molecule has 3 nitrogen and oxygen atoms in total. The summed E-state index contributed by atoms with van der Waals surface area (Å²) in [4.78, 5) is 0. The van der Waals surface area contributed by atoms with Gasteiger partial charge >= 0.3 is 0 Å². The Hall–Kier alpha value is -1.22. The van der Waals surface area contributed by atoms with Gasteiger partial charge in [0, 0.05) is 0 Å². The van der Waals surface area contributed by atoms with Gasteiger partial charge in [0.25, 0.3) is 0 Å². The van der Waals surface area contributed by atoms with Gasteiger partial charge in [0.05, 0.1) is 19.8 Å². The Morgan fingerprint density at radius 1 is 1.12 bits per heavy atom. The Labute approximate surface area is 97.0 Å². The predicted molar refractivity (Wildman–Crippen MR) is 64.2 cm³/mol. The Morgan fingerprint density at radius 3 is 2.25 bits per heavy atom. The van der Waals surface area contributed by atoms with Crippen LogP contribution in [0.1, 0.15) is 25.8 Å². The lowest BCUT2D eigenvalue weighted by atomic mass is 9.99. The molecule has 1 aromatic carbocycles. The zero-order valence-electron chi connectivity index (χ0n) is 10.4. The first kappa shape index (κ1) is 12.8. The van der Waals surface area contributed by atoms with Crippen molar-refractivity contribution < 1.29 is 14.6 Å². The van der Waals surface area contributed by atoms with E-state index in [1.807, 2.05) is 32.0 Å². The fourth-order valence-corrected chi connectivity index (χ4v) is 1.49. The molecular weight excluding hydrogens is 204 g/mol. The van der Waals surface area contributed by atoms with E-state index < -0.39 is 5.60 Å². The molecule has 0 amide bonds. The average Bonchev–Trinajstić information content (AvgIpc) is 2.25. The number of methoxy groups -OCH3 is 2. The maximum absolute atomic E-state index is 9.65. The standard InChI is InChI=1S/C13H20O3/c1-13(2,14)8-7-10-5-6-11(15-3)12(9-10)16-4/h5-6,9,14H,7-8H2,1-4H3. The van der Waals surface area contributed by atoms with E-state index in [0.717, 1.165) is 29.9 Å². The van der Waals surface area contributed by atoms with Crippen LogP contribution in [0.15, 0.2) is 18.2 Å². The first-order chi connectivity index (χ1) is 7.46. The summed E-state index contributed by atoms with van der Waals surface area (Å²) in [7, 11) is 3.24. The number of hydrogen-bond acceptors (Lipinski definition) is 3. The molecule has 0 aromatic heterocycles. The van der Waals surface area contributed by atoms with Gasteiger partial charge in [-0.15, -0.1) is 0 Å². The minimum atomic E-state index is -0.632. The van der Waals surface area contributed by atoms with Crippen molar-refractivity contribution in [3.63, 3.8) is 0 Å².